The molecule has 2 nitrogen and oxygen atoms in total. The van der Waals surface area contributed by atoms with Gasteiger partial charge in [-0.2, -0.15) is 0 Å². The zero-order valence-electron chi connectivity index (χ0n) is 8.99. The summed E-state index contributed by atoms with van der Waals surface area (Å²) >= 11 is 0. The van der Waals surface area contributed by atoms with Gasteiger partial charge < -0.3 is 4.57 Å². The number of hydrogen-bond acceptors (Lipinski definition) is 1. The van der Waals surface area contributed by atoms with Crippen molar-refractivity contribution in [2.45, 2.75) is 20.8 Å². The third-order valence-electron chi connectivity index (χ3n) is 1.58. The number of allylic oxidation sites excluding steroid dienone is 2. The largest absolute Gasteiger partial charge is 0.309 e. The fraction of sp³-hybridized carbons (Fsp3) is 0.250. The van der Waals surface area contributed by atoms with Crippen molar-refractivity contribution >= 4 is 11.5 Å². The Morgan fingerprint density at radius 2 is 1.79 bits per heavy atom. The van der Waals surface area contributed by atoms with Gasteiger partial charge in [-0.15, -0.1) is 0 Å². The van der Waals surface area contributed by atoms with Crippen LogP contribution in [0.25, 0.3) is 5.82 Å². The second-order valence-electron chi connectivity index (χ2n) is 3.50. The lowest BCUT2D eigenvalue weighted by atomic mass is 10.3. The zero-order chi connectivity index (χ0) is 10.6. The summed E-state index contributed by atoms with van der Waals surface area (Å²) in [6, 6.07) is 3.96. The predicted octanol–water partition coefficient (Wildman–Crippen LogP) is 3.34. The number of hydrogen-bond donors (Lipinski definition) is 0. The molecule has 2 heteroatoms. The standard InChI is InChI=1S/C12H16N2/c1-10(2)9-12(13-11(3)4)14-7-5-6-8-14/h5-9H,1H2,2-4H3/b12-9+. The van der Waals surface area contributed by atoms with E-state index in [9.17, 15) is 0 Å². The molecule has 0 saturated heterocycles. The van der Waals surface area contributed by atoms with Crippen LogP contribution in [-0.2, 0) is 0 Å². The third kappa shape index (κ3) is 3.05. The van der Waals surface area contributed by atoms with Crippen molar-refractivity contribution in [2.24, 2.45) is 4.99 Å². The van der Waals surface area contributed by atoms with E-state index in [2.05, 4.69) is 11.6 Å². The van der Waals surface area contributed by atoms with Crippen LogP contribution in [0.15, 0.2) is 47.7 Å². The summed E-state index contributed by atoms with van der Waals surface area (Å²) in [4.78, 5) is 4.44. The van der Waals surface area contributed by atoms with E-state index in [1.54, 1.807) is 0 Å². The summed E-state index contributed by atoms with van der Waals surface area (Å²) in [5.41, 5.74) is 2.03. The second kappa shape index (κ2) is 4.61. The average Bonchev–Trinajstić information content (AvgIpc) is 2.52. The first-order chi connectivity index (χ1) is 6.59. The summed E-state index contributed by atoms with van der Waals surface area (Å²) in [5, 5.41) is 0. The molecule has 0 atom stereocenters. The molecule has 0 N–H and O–H groups in total. The monoisotopic (exact) mass is 188 g/mol. The van der Waals surface area contributed by atoms with E-state index in [0.717, 1.165) is 17.1 Å². The topological polar surface area (TPSA) is 17.3 Å². The van der Waals surface area contributed by atoms with Crippen molar-refractivity contribution in [3.05, 3.63) is 42.8 Å². The van der Waals surface area contributed by atoms with E-state index < -0.39 is 0 Å². The van der Waals surface area contributed by atoms with Crippen LogP contribution in [0.1, 0.15) is 20.8 Å². The summed E-state index contributed by atoms with van der Waals surface area (Å²) in [6.07, 6.45) is 5.91. The van der Waals surface area contributed by atoms with Gasteiger partial charge in [-0.05, 0) is 39.0 Å². The van der Waals surface area contributed by atoms with Crippen molar-refractivity contribution in [3.8, 4) is 0 Å². The molecule has 0 aliphatic heterocycles. The Bertz CT molecular complexity index is 363. The molecule has 0 spiro atoms. The van der Waals surface area contributed by atoms with E-state index in [1.165, 1.54) is 0 Å². The number of aromatic nitrogens is 1. The third-order valence-corrected chi connectivity index (χ3v) is 1.58. The van der Waals surface area contributed by atoms with E-state index in [1.807, 2.05) is 55.9 Å². The maximum absolute atomic E-state index is 4.44. The van der Waals surface area contributed by atoms with Crippen molar-refractivity contribution < 1.29 is 0 Å². The smallest absolute Gasteiger partial charge is 0.136 e. The molecule has 74 valence electrons. The molecule has 0 aromatic carbocycles. The van der Waals surface area contributed by atoms with Gasteiger partial charge in [0.2, 0.25) is 0 Å². The van der Waals surface area contributed by atoms with Gasteiger partial charge in [0.25, 0.3) is 0 Å². The first-order valence-electron chi connectivity index (χ1n) is 4.62. The van der Waals surface area contributed by atoms with Crippen LogP contribution in [0.3, 0.4) is 0 Å². The molecule has 0 unspecified atom stereocenters. The zero-order valence-corrected chi connectivity index (χ0v) is 8.99. The SMILES string of the molecule is C=C(C)/C=C(\N=C(C)C)n1cccc1. The predicted molar refractivity (Wildman–Crippen MR) is 62.3 cm³/mol. The van der Waals surface area contributed by atoms with Gasteiger partial charge in [0, 0.05) is 18.1 Å². The summed E-state index contributed by atoms with van der Waals surface area (Å²) in [7, 11) is 0. The highest BCUT2D eigenvalue weighted by Crippen LogP contribution is 2.10. The van der Waals surface area contributed by atoms with Crippen molar-refractivity contribution in [1.29, 1.82) is 0 Å². The second-order valence-corrected chi connectivity index (χ2v) is 3.50. The fourth-order valence-electron chi connectivity index (χ4n) is 1.10. The Kier molecular flexibility index (Phi) is 3.46. The Hall–Kier alpha value is -1.57. The van der Waals surface area contributed by atoms with Gasteiger partial charge in [0.1, 0.15) is 5.82 Å². The first-order valence-corrected chi connectivity index (χ1v) is 4.62. The molecule has 0 aliphatic rings. The molecule has 0 radical (unpaired) electrons. The Morgan fingerprint density at radius 3 is 2.21 bits per heavy atom. The molecule has 14 heavy (non-hydrogen) atoms. The minimum Gasteiger partial charge on any atom is -0.309 e. The highest BCUT2D eigenvalue weighted by atomic mass is 15.1. The van der Waals surface area contributed by atoms with Gasteiger partial charge in [0.15, 0.2) is 0 Å². The van der Waals surface area contributed by atoms with Crippen molar-refractivity contribution in [2.75, 3.05) is 0 Å². The Balaban J connectivity index is 3.07. The van der Waals surface area contributed by atoms with E-state index in [4.69, 9.17) is 0 Å². The van der Waals surface area contributed by atoms with Gasteiger partial charge in [-0.25, -0.2) is 4.99 Å². The van der Waals surface area contributed by atoms with Gasteiger partial charge in [-0.3, -0.25) is 0 Å². The molecular weight excluding hydrogens is 172 g/mol. The molecule has 0 aliphatic carbocycles. The number of rotatable bonds is 3. The molecule has 1 aromatic heterocycles. The first kappa shape index (κ1) is 10.5. The fourth-order valence-corrected chi connectivity index (χ4v) is 1.10. The van der Waals surface area contributed by atoms with Crippen LogP contribution in [0, 0.1) is 0 Å². The Morgan fingerprint density at radius 1 is 1.21 bits per heavy atom. The molecular formula is C12H16N2. The van der Waals surface area contributed by atoms with Crippen molar-refractivity contribution in [1.82, 2.24) is 4.57 Å². The van der Waals surface area contributed by atoms with E-state index in [-0.39, 0.29) is 0 Å². The average molecular weight is 188 g/mol. The van der Waals surface area contributed by atoms with E-state index in [0.29, 0.717) is 0 Å². The van der Waals surface area contributed by atoms with Crippen LogP contribution in [-0.4, -0.2) is 10.3 Å². The molecule has 0 fully saturated rings. The van der Waals surface area contributed by atoms with Crippen LogP contribution in [0.4, 0.5) is 0 Å². The Labute approximate surface area is 85.3 Å². The van der Waals surface area contributed by atoms with Crippen LogP contribution >= 0.6 is 0 Å². The quantitative estimate of drug-likeness (QED) is 0.511. The highest BCUT2D eigenvalue weighted by molar-refractivity contribution is 5.83. The minimum absolute atomic E-state index is 0.905. The number of aliphatic imine (C=N–C) groups is 1. The lowest BCUT2D eigenvalue weighted by Gasteiger charge is -2.04. The lowest BCUT2D eigenvalue weighted by molar-refractivity contribution is 1.08. The molecule has 1 rings (SSSR count). The van der Waals surface area contributed by atoms with Gasteiger partial charge >= 0.3 is 0 Å². The van der Waals surface area contributed by atoms with E-state index >= 15 is 0 Å². The molecule has 0 amide bonds. The molecule has 1 heterocycles. The van der Waals surface area contributed by atoms with Gasteiger partial charge in [0.05, 0.1) is 0 Å². The number of nitrogens with zero attached hydrogens (tertiary/aromatic N) is 2. The van der Waals surface area contributed by atoms with Crippen LogP contribution in [0.5, 0.6) is 0 Å². The molecule has 0 saturated carbocycles. The summed E-state index contributed by atoms with van der Waals surface area (Å²) in [5.74, 6) is 0.905. The normalized spacial score (nSPS) is 11.2. The van der Waals surface area contributed by atoms with Crippen LogP contribution < -0.4 is 0 Å². The maximum Gasteiger partial charge on any atom is 0.136 e. The molecule has 0 bridgehead atoms. The van der Waals surface area contributed by atoms with Crippen molar-refractivity contribution in [3.63, 3.8) is 0 Å². The summed E-state index contributed by atoms with van der Waals surface area (Å²) < 4.78 is 1.97. The lowest BCUT2D eigenvalue weighted by Crippen LogP contribution is -1.93. The summed E-state index contributed by atoms with van der Waals surface area (Å²) in [6.45, 7) is 9.78. The highest BCUT2D eigenvalue weighted by Gasteiger charge is 1.96. The minimum atomic E-state index is 0.905. The van der Waals surface area contributed by atoms with Crippen LogP contribution in [0.2, 0.25) is 0 Å². The van der Waals surface area contributed by atoms with Gasteiger partial charge in [-0.1, -0.05) is 12.2 Å². The molecule has 1 aromatic rings. The maximum atomic E-state index is 4.44.